The van der Waals surface area contributed by atoms with Crippen molar-refractivity contribution in [2.45, 2.75) is 19.6 Å². The SMILES string of the molecule is CCC(O)Nc1cncc(-c2cnc3[nH]nc(-c4nc5c(-c6ccc(F)cc6)cncc5[nH]4)c3c2)c1. The Hall–Kier alpha value is -4.70. The van der Waals surface area contributed by atoms with Gasteiger partial charge in [0, 0.05) is 35.3 Å². The number of benzene rings is 1. The maximum atomic E-state index is 13.4. The van der Waals surface area contributed by atoms with Crippen LogP contribution in [-0.2, 0) is 0 Å². The molecule has 0 amide bonds. The highest BCUT2D eigenvalue weighted by Gasteiger charge is 2.17. The Labute approximate surface area is 204 Å². The van der Waals surface area contributed by atoms with Crippen LogP contribution in [0.3, 0.4) is 0 Å². The number of nitrogens with one attached hydrogen (secondary N) is 3. The lowest BCUT2D eigenvalue weighted by molar-refractivity contribution is 0.199. The van der Waals surface area contributed by atoms with Gasteiger partial charge in [-0.3, -0.25) is 15.1 Å². The standard InChI is InChI=1S/C26H21FN8O/c1-2-22(36)31-18-7-15(9-28-11-18)16-8-19-24(34-35-25(19)30-10-16)26-32-21-13-29-12-20(23(21)33-26)14-3-5-17(27)6-4-14/h3-13,22,31,36H,2H2,1H3,(H,32,33)(H,30,34,35). The van der Waals surface area contributed by atoms with Crippen molar-refractivity contribution in [3.8, 4) is 33.8 Å². The third-order valence-corrected chi connectivity index (χ3v) is 5.98. The van der Waals surface area contributed by atoms with E-state index in [1.54, 1.807) is 43.1 Å². The second kappa shape index (κ2) is 8.82. The molecular formula is C26H21FN8O. The lowest BCUT2D eigenvalue weighted by atomic mass is 10.1. The van der Waals surface area contributed by atoms with E-state index >= 15 is 0 Å². The van der Waals surface area contributed by atoms with E-state index in [-0.39, 0.29) is 5.82 Å². The minimum Gasteiger partial charge on any atom is -0.374 e. The molecule has 9 nitrogen and oxygen atoms in total. The van der Waals surface area contributed by atoms with Crippen LogP contribution in [0.4, 0.5) is 10.1 Å². The molecule has 5 heterocycles. The van der Waals surface area contributed by atoms with Crippen LogP contribution in [0.1, 0.15) is 13.3 Å². The minimum absolute atomic E-state index is 0.300. The maximum Gasteiger partial charge on any atom is 0.159 e. The second-order valence-corrected chi connectivity index (χ2v) is 8.40. The summed E-state index contributed by atoms with van der Waals surface area (Å²) in [5.41, 5.74) is 6.70. The third kappa shape index (κ3) is 3.93. The number of halogens is 1. The summed E-state index contributed by atoms with van der Waals surface area (Å²) >= 11 is 0. The number of aliphatic hydroxyl groups excluding tert-OH is 1. The summed E-state index contributed by atoms with van der Waals surface area (Å²) in [6.07, 6.45) is 8.50. The molecule has 0 radical (unpaired) electrons. The zero-order chi connectivity index (χ0) is 24.6. The van der Waals surface area contributed by atoms with E-state index in [9.17, 15) is 9.50 Å². The number of hydrogen-bond acceptors (Lipinski definition) is 7. The van der Waals surface area contributed by atoms with Crippen molar-refractivity contribution in [2.24, 2.45) is 0 Å². The van der Waals surface area contributed by atoms with E-state index < -0.39 is 6.23 Å². The first-order chi connectivity index (χ1) is 17.6. The van der Waals surface area contributed by atoms with Crippen LogP contribution in [0, 0.1) is 5.82 Å². The molecule has 0 aliphatic heterocycles. The van der Waals surface area contributed by atoms with E-state index in [0.717, 1.165) is 33.2 Å². The number of fused-ring (bicyclic) bond motifs is 2. The van der Waals surface area contributed by atoms with E-state index in [1.165, 1.54) is 12.1 Å². The van der Waals surface area contributed by atoms with Gasteiger partial charge in [-0.15, -0.1) is 0 Å². The molecule has 36 heavy (non-hydrogen) atoms. The van der Waals surface area contributed by atoms with Gasteiger partial charge < -0.3 is 15.4 Å². The zero-order valence-corrected chi connectivity index (χ0v) is 19.2. The van der Waals surface area contributed by atoms with Gasteiger partial charge in [-0.25, -0.2) is 14.4 Å². The Morgan fingerprint density at radius 2 is 1.78 bits per heavy atom. The molecule has 5 aromatic heterocycles. The number of H-pyrrole nitrogens is 2. The molecule has 0 fully saturated rings. The topological polar surface area (TPSA) is 128 Å². The van der Waals surface area contributed by atoms with Crippen LogP contribution in [0.5, 0.6) is 0 Å². The van der Waals surface area contributed by atoms with E-state index in [4.69, 9.17) is 4.98 Å². The van der Waals surface area contributed by atoms with Crippen LogP contribution in [0.15, 0.2) is 67.4 Å². The van der Waals surface area contributed by atoms with Crippen LogP contribution in [0.25, 0.3) is 55.8 Å². The first-order valence-corrected chi connectivity index (χ1v) is 11.4. The number of hydrogen-bond donors (Lipinski definition) is 4. The summed E-state index contributed by atoms with van der Waals surface area (Å²) in [7, 11) is 0. The molecule has 6 rings (SSSR count). The Bertz CT molecular complexity index is 1690. The van der Waals surface area contributed by atoms with Crippen molar-refractivity contribution in [1.82, 2.24) is 35.1 Å². The van der Waals surface area contributed by atoms with Gasteiger partial charge in [0.25, 0.3) is 0 Å². The molecule has 0 saturated carbocycles. The molecule has 0 saturated heterocycles. The summed E-state index contributed by atoms with van der Waals surface area (Å²) in [6, 6.07) is 10.1. The van der Waals surface area contributed by atoms with Crippen molar-refractivity contribution in [2.75, 3.05) is 5.32 Å². The van der Waals surface area contributed by atoms with Gasteiger partial charge in [-0.05, 0) is 36.2 Å². The molecule has 1 atom stereocenters. The van der Waals surface area contributed by atoms with Crippen molar-refractivity contribution in [3.63, 3.8) is 0 Å². The van der Waals surface area contributed by atoms with Gasteiger partial charge >= 0.3 is 0 Å². The van der Waals surface area contributed by atoms with Crippen molar-refractivity contribution in [1.29, 1.82) is 0 Å². The fourth-order valence-corrected chi connectivity index (χ4v) is 4.10. The Morgan fingerprint density at radius 1 is 0.972 bits per heavy atom. The van der Waals surface area contributed by atoms with Crippen molar-refractivity contribution < 1.29 is 9.50 Å². The molecule has 1 unspecified atom stereocenters. The number of aromatic amines is 2. The highest BCUT2D eigenvalue weighted by atomic mass is 19.1. The number of aromatic nitrogens is 7. The average molecular weight is 481 g/mol. The number of pyridine rings is 3. The minimum atomic E-state index is -0.648. The van der Waals surface area contributed by atoms with Gasteiger partial charge in [0.15, 0.2) is 11.5 Å². The first kappa shape index (κ1) is 21.8. The second-order valence-electron chi connectivity index (χ2n) is 8.40. The smallest absolute Gasteiger partial charge is 0.159 e. The average Bonchev–Trinajstić information content (AvgIpc) is 3.53. The number of imidazole rings is 1. The van der Waals surface area contributed by atoms with E-state index in [1.807, 2.05) is 19.1 Å². The normalized spacial score (nSPS) is 12.3. The van der Waals surface area contributed by atoms with Crippen molar-refractivity contribution in [3.05, 3.63) is 73.2 Å². The molecule has 6 aromatic rings. The highest BCUT2D eigenvalue weighted by Crippen LogP contribution is 2.32. The summed E-state index contributed by atoms with van der Waals surface area (Å²) in [6.45, 7) is 1.89. The Balaban J connectivity index is 1.42. The van der Waals surface area contributed by atoms with Crippen LogP contribution >= 0.6 is 0 Å². The molecule has 0 aliphatic rings. The van der Waals surface area contributed by atoms with Gasteiger partial charge in [-0.1, -0.05) is 19.1 Å². The van der Waals surface area contributed by atoms with E-state index in [0.29, 0.717) is 34.8 Å². The van der Waals surface area contributed by atoms with Crippen LogP contribution in [-0.4, -0.2) is 46.5 Å². The zero-order valence-electron chi connectivity index (χ0n) is 19.2. The highest BCUT2D eigenvalue weighted by molar-refractivity contribution is 5.96. The Kier molecular flexibility index (Phi) is 5.34. The quantitative estimate of drug-likeness (QED) is 0.250. The third-order valence-electron chi connectivity index (χ3n) is 5.98. The fraction of sp³-hybridized carbons (Fsp3) is 0.115. The van der Waals surface area contributed by atoms with Gasteiger partial charge in [0.05, 0.1) is 34.5 Å². The summed E-state index contributed by atoms with van der Waals surface area (Å²) in [5, 5.41) is 21.2. The molecule has 178 valence electrons. The number of aliphatic hydroxyl groups is 1. The van der Waals surface area contributed by atoms with Gasteiger partial charge in [0.1, 0.15) is 17.7 Å². The molecule has 1 aromatic carbocycles. The lowest BCUT2D eigenvalue weighted by Gasteiger charge is -2.12. The summed E-state index contributed by atoms with van der Waals surface area (Å²) in [5.74, 6) is 0.261. The largest absolute Gasteiger partial charge is 0.374 e. The lowest BCUT2D eigenvalue weighted by Crippen LogP contribution is -2.16. The van der Waals surface area contributed by atoms with Crippen molar-refractivity contribution >= 4 is 27.8 Å². The summed E-state index contributed by atoms with van der Waals surface area (Å²) in [4.78, 5) is 21.3. The number of nitrogens with zero attached hydrogens (tertiary/aromatic N) is 5. The van der Waals surface area contributed by atoms with Gasteiger partial charge in [-0.2, -0.15) is 5.10 Å². The van der Waals surface area contributed by atoms with Crippen LogP contribution in [0.2, 0.25) is 0 Å². The Morgan fingerprint density at radius 3 is 2.61 bits per heavy atom. The van der Waals surface area contributed by atoms with Crippen LogP contribution < -0.4 is 5.32 Å². The van der Waals surface area contributed by atoms with E-state index in [2.05, 4.69) is 35.5 Å². The number of anilines is 1. The molecule has 10 heteroatoms. The maximum absolute atomic E-state index is 13.4. The fourth-order valence-electron chi connectivity index (χ4n) is 4.10. The molecule has 0 bridgehead atoms. The molecular weight excluding hydrogens is 459 g/mol. The predicted molar refractivity (Wildman–Crippen MR) is 135 cm³/mol. The first-order valence-electron chi connectivity index (χ1n) is 11.4. The molecule has 4 N–H and O–H groups in total. The molecule has 0 aliphatic carbocycles. The summed E-state index contributed by atoms with van der Waals surface area (Å²) < 4.78 is 13.4. The predicted octanol–water partition coefficient (Wildman–Crippen LogP) is 4.90. The molecule has 0 spiro atoms. The number of rotatable bonds is 6. The van der Waals surface area contributed by atoms with Gasteiger partial charge in [0.2, 0.25) is 0 Å². The monoisotopic (exact) mass is 480 g/mol.